The van der Waals surface area contributed by atoms with E-state index in [0.29, 0.717) is 5.92 Å². The molecule has 1 aliphatic rings. The van der Waals surface area contributed by atoms with Crippen LogP contribution in [0.15, 0.2) is 36.7 Å². The molecule has 3 heterocycles. The molecule has 2 aromatic heterocycles. The monoisotopic (exact) mass is 378 g/mol. The molecular weight excluding hydrogens is 348 g/mol. The SMILES string of the molecule is Cc1nnc(N2CCC[C@H](c3nccn3CCCN(C)C)C2)c2ccccc12. The molecule has 0 aliphatic carbocycles. The quantitative estimate of drug-likeness (QED) is 0.657. The van der Waals surface area contributed by atoms with Crippen LogP contribution < -0.4 is 4.90 Å². The van der Waals surface area contributed by atoms with E-state index in [4.69, 9.17) is 4.98 Å². The summed E-state index contributed by atoms with van der Waals surface area (Å²) in [5, 5.41) is 11.4. The maximum Gasteiger partial charge on any atom is 0.159 e. The third-order valence-corrected chi connectivity index (χ3v) is 5.69. The second-order valence-electron chi connectivity index (χ2n) is 8.08. The number of nitrogens with zero attached hydrogens (tertiary/aromatic N) is 6. The van der Waals surface area contributed by atoms with Gasteiger partial charge in [0.15, 0.2) is 5.82 Å². The Labute approximate surface area is 167 Å². The predicted octanol–water partition coefficient (Wildman–Crippen LogP) is 3.47. The van der Waals surface area contributed by atoms with Crippen molar-refractivity contribution in [2.24, 2.45) is 0 Å². The highest BCUT2D eigenvalue weighted by Crippen LogP contribution is 2.32. The first-order valence-corrected chi connectivity index (χ1v) is 10.3. The number of anilines is 1. The summed E-state index contributed by atoms with van der Waals surface area (Å²) in [4.78, 5) is 9.37. The van der Waals surface area contributed by atoms with Gasteiger partial charge in [0.25, 0.3) is 0 Å². The zero-order chi connectivity index (χ0) is 19.5. The van der Waals surface area contributed by atoms with Gasteiger partial charge >= 0.3 is 0 Å². The second kappa shape index (κ2) is 8.27. The molecule has 6 heteroatoms. The van der Waals surface area contributed by atoms with Crippen molar-refractivity contribution in [1.82, 2.24) is 24.6 Å². The van der Waals surface area contributed by atoms with Crippen LogP contribution in [-0.4, -0.2) is 58.4 Å². The Morgan fingerprint density at radius 2 is 1.96 bits per heavy atom. The van der Waals surface area contributed by atoms with Gasteiger partial charge in [0.2, 0.25) is 0 Å². The van der Waals surface area contributed by atoms with Gasteiger partial charge in [0.05, 0.1) is 5.69 Å². The van der Waals surface area contributed by atoms with Gasteiger partial charge in [-0.05, 0) is 46.8 Å². The Morgan fingerprint density at radius 3 is 2.79 bits per heavy atom. The summed E-state index contributed by atoms with van der Waals surface area (Å²) in [6.07, 6.45) is 7.55. The summed E-state index contributed by atoms with van der Waals surface area (Å²) in [6.45, 7) is 6.13. The molecule has 6 nitrogen and oxygen atoms in total. The predicted molar refractivity (Wildman–Crippen MR) is 114 cm³/mol. The lowest BCUT2D eigenvalue weighted by Gasteiger charge is -2.34. The van der Waals surface area contributed by atoms with E-state index >= 15 is 0 Å². The fourth-order valence-electron chi connectivity index (χ4n) is 4.26. The molecule has 28 heavy (non-hydrogen) atoms. The third kappa shape index (κ3) is 3.87. The first-order chi connectivity index (χ1) is 13.6. The molecule has 1 aromatic carbocycles. The highest BCUT2D eigenvalue weighted by molar-refractivity contribution is 5.93. The van der Waals surface area contributed by atoms with E-state index in [1.807, 2.05) is 13.1 Å². The Morgan fingerprint density at radius 1 is 1.14 bits per heavy atom. The number of hydrogen-bond donors (Lipinski definition) is 0. The van der Waals surface area contributed by atoms with E-state index < -0.39 is 0 Å². The van der Waals surface area contributed by atoms with Gasteiger partial charge < -0.3 is 14.4 Å². The second-order valence-corrected chi connectivity index (χ2v) is 8.08. The molecular formula is C22H30N6. The molecule has 0 amide bonds. The zero-order valence-electron chi connectivity index (χ0n) is 17.2. The van der Waals surface area contributed by atoms with E-state index in [-0.39, 0.29) is 0 Å². The lowest BCUT2D eigenvalue weighted by Crippen LogP contribution is -2.36. The number of hydrogen-bond acceptors (Lipinski definition) is 5. The van der Waals surface area contributed by atoms with Crippen LogP contribution >= 0.6 is 0 Å². The smallest absolute Gasteiger partial charge is 0.159 e. The fourth-order valence-corrected chi connectivity index (χ4v) is 4.26. The van der Waals surface area contributed by atoms with Crippen molar-refractivity contribution in [3.63, 3.8) is 0 Å². The van der Waals surface area contributed by atoms with Gasteiger partial charge in [-0.25, -0.2) is 4.98 Å². The van der Waals surface area contributed by atoms with Crippen LogP contribution in [0.25, 0.3) is 10.8 Å². The minimum Gasteiger partial charge on any atom is -0.354 e. The van der Waals surface area contributed by atoms with Gasteiger partial charge in [-0.2, -0.15) is 5.10 Å². The molecule has 1 atom stereocenters. The number of fused-ring (bicyclic) bond motifs is 1. The van der Waals surface area contributed by atoms with E-state index in [0.717, 1.165) is 50.5 Å². The Balaban J connectivity index is 1.55. The van der Waals surface area contributed by atoms with Gasteiger partial charge in [-0.15, -0.1) is 5.10 Å². The highest BCUT2D eigenvalue weighted by Gasteiger charge is 2.26. The van der Waals surface area contributed by atoms with Crippen LogP contribution in [0.1, 0.15) is 36.7 Å². The van der Waals surface area contributed by atoms with Crippen molar-refractivity contribution in [3.05, 3.63) is 48.2 Å². The normalized spacial score (nSPS) is 17.6. The van der Waals surface area contributed by atoms with Gasteiger partial charge in [-0.1, -0.05) is 24.3 Å². The molecule has 0 spiro atoms. The molecule has 0 N–H and O–H groups in total. The Bertz CT molecular complexity index is 932. The zero-order valence-corrected chi connectivity index (χ0v) is 17.2. The maximum atomic E-state index is 4.73. The standard InChI is InChI=1S/C22H30N6/c1-17-19-9-4-5-10-20(19)22(25-24-17)28-13-6-8-18(16-28)21-23-11-15-27(21)14-7-12-26(2)3/h4-5,9-11,15,18H,6-8,12-14,16H2,1-3H3/t18-/m0/s1. The van der Waals surface area contributed by atoms with Crippen molar-refractivity contribution in [3.8, 4) is 0 Å². The van der Waals surface area contributed by atoms with Gasteiger partial charge in [-0.3, -0.25) is 0 Å². The number of imidazole rings is 1. The molecule has 0 bridgehead atoms. The molecule has 1 fully saturated rings. The summed E-state index contributed by atoms with van der Waals surface area (Å²) < 4.78 is 2.34. The molecule has 4 rings (SSSR count). The molecule has 0 saturated carbocycles. The fraction of sp³-hybridized carbons (Fsp3) is 0.500. The summed E-state index contributed by atoms with van der Waals surface area (Å²) in [5.41, 5.74) is 0.990. The summed E-state index contributed by atoms with van der Waals surface area (Å²) in [6, 6.07) is 8.47. The van der Waals surface area contributed by atoms with Gasteiger partial charge in [0.1, 0.15) is 5.82 Å². The minimum absolute atomic E-state index is 0.435. The van der Waals surface area contributed by atoms with Crippen molar-refractivity contribution >= 4 is 16.6 Å². The first kappa shape index (κ1) is 18.9. The van der Waals surface area contributed by atoms with Crippen molar-refractivity contribution in [1.29, 1.82) is 0 Å². The number of aromatic nitrogens is 4. The third-order valence-electron chi connectivity index (χ3n) is 5.69. The molecule has 0 radical (unpaired) electrons. The van der Waals surface area contributed by atoms with Crippen LogP contribution in [0, 0.1) is 6.92 Å². The van der Waals surface area contributed by atoms with Crippen molar-refractivity contribution < 1.29 is 0 Å². The average Bonchev–Trinajstić information content (AvgIpc) is 3.17. The van der Waals surface area contributed by atoms with Crippen LogP contribution in [0.2, 0.25) is 0 Å². The molecule has 0 unspecified atom stereocenters. The minimum atomic E-state index is 0.435. The van der Waals surface area contributed by atoms with Crippen LogP contribution in [0.4, 0.5) is 5.82 Å². The van der Waals surface area contributed by atoms with E-state index in [9.17, 15) is 0 Å². The highest BCUT2D eigenvalue weighted by atomic mass is 15.3. The maximum absolute atomic E-state index is 4.73. The summed E-state index contributed by atoms with van der Waals surface area (Å²) in [5.74, 6) is 2.66. The molecule has 148 valence electrons. The molecule has 1 aliphatic heterocycles. The number of rotatable bonds is 6. The summed E-state index contributed by atoms with van der Waals surface area (Å²) >= 11 is 0. The molecule has 3 aromatic rings. The average molecular weight is 379 g/mol. The lowest BCUT2D eigenvalue weighted by molar-refractivity contribution is 0.380. The number of benzene rings is 1. The first-order valence-electron chi connectivity index (χ1n) is 10.3. The van der Waals surface area contributed by atoms with Gasteiger partial charge in [0, 0.05) is 48.7 Å². The van der Waals surface area contributed by atoms with Crippen molar-refractivity contribution in [2.45, 2.75) is 38.6 Å². The Kier molecular flexibility index (Phi) is 5.57. The van der Waals surface area contributed by atoms with Crippen LogP contribution in [0.5, 0.6) is 0 Å². The van der Waals surface area contributed by atoms with E-state index in [1.54, 1.807) is 0 Å². The topological polar surface area (TPSA) is 50.1 Å². The summed E-state index contributed by atoms with van der Waals surface area (Å²) in [7, 11) is 4.25. The number of piperidine rings is 1. The van der Waals surface area contributed by atoms with E-state index in [2.05, 4.69) is 69.1 Å². The largest absolute Gasteiger partial charge is 0.354 e. The Hall–Kier alpha value is -2.47. The number of aryl methyl sites for hydroxylation is 2. The van der Waals surface area contributed by atoms with E-state index in [1.165, 1.54) is 23.0 Å². The molecule has 1 saturated heterocycles. The van der Waals surface area contributed by atoms with Crippen LogP contribution in [-0.2, 0) is 6.54 Å². The van der Waals surface area contributed by atoms with Crippen LogP contribution in [0.3, 0.4) is 0 Å². The lowest BCUT2D eigenvalue weighted by atomic mass is 9.96. The van der Waals surface area contributed by atoms with Crippen molar-refractivity contribution in [2.75, 3.05) is 38.6 Å².